The molecule has 0 bridgehead atoms. The van der Waals surface area contributed by atoms with E-state index in [0.717, 1.165) is 11.3 Å². The van der Waals surface area contributed by atoms with Crippen molar-refractivity contribution in [3.05, 3.63) is 29.8 Å². The lowest BCUT2D eigenvalue weighted by atomic mass is 10.1. The van der Waals surface area contributed by atoms with Gasteiger partial charge in [0.1, 0.15) is 0 Å². The first-order chi connectivity index (χ1) is 6.16. The van der Waals surface area contributed by atoms with Gasteiger partial charge in [0.05, 0.1) is 5.71 Å². The lowest BCUT2D eigenvalue weighted by Crippen LogP contribution is -2.12. The van der Waals surface area contributed by atoms with Gasteiger partial charge in [-0.25, -0.2) is 0 Å². The summed E-state index contributed by atoms with van der Waals surface area (Å²) in [5.41, 5.74) is 2.64. The maximum Gasteiger partial charge on any atom is 0.0857 e. The fourth-order valence-corrected chi connectivity index (χ4v) is 1.22. The molecule has 0 radical (unpaired) electrons. The van der Waals surface area contributed by atoms with E-state index in [4.69, 9.17) is 5.21 Å². The second-order valence-electron chi connectivity index (χ2n) is 3.10. The first kappa shape index (κ1) is 9.58. The Hall–Kier alpha value is -1.51. The van der Waals surface area contributed by atoms with Crippen LogP contribution in [0.25, 0.3) is 0 Å². The largest absolute Gasteiger partial charge is 0.411 e. The number of benzene rings is 1. The summed E-state index contributed by atoms with van der Waals surface area (Å²) < 4.78 is 0. The smallest absolute Gasteiger partial charge is 0.0857 e. The molecule has 0 saturated heterocycles. The predicted molar refractivity (Wildman–Crippen MR) is 54.8 cm³/mol. The molecule has 1 rings (SSSR count). The molecule has 1 N–H and O–H groups in total. The molecule has 0 spiro atoms. The van der Waals surface area contributed by atoms with Crippen LogP contribution in [-0.2, 0) is 0 Å². The number of oxime groups is 1. The molecule has 1 aromatic carbocycles. The van der Waals surface area contributed by atoms with Gasteiger partial charge in [0.25, 0.3) is 0 Å². The van der Waals surface area contributed by atoms with Crippen molar-refractivity contribution in [3.8, 4) is 0 Å². The molecule has 3 nitrogen and oxygen atoms in total. The van der Waals surface area contributed by atoms with Crippen LogP contribution in [0.3, 0.4) is 0 Å². The Kier molecular flexibility index (Phi) is 2.90. The van der Waals surface area contributed by atoms with E-state index in [1.807, 2.05) is 43.3 Å². The van der Waals surface area contributed by atoms with Gasteiger partial charge in [-0.2, -0.15) is 0 Å². The quantitative estimate of drug-likeness (QED) is 0.427. The van der Waals surface area contributed by atoms with Gasteiger partial charge in [0, 0.05) is 25.3 Å². The van der Waals surface area contributed by atoms with Crippen molar-refractivity contribution < 1.29 is 5.21 Å². The van der Waals surface area contributed by atoms with Crippen LogP contribution in [0.15, 0.2) is 29.4 Å². The lowest BCUT2D eigenvalue weighted by Gasteiger charge is -2.16. The second kappa shape index (κ2) is 3.94. The van der Waals surface area contributed by atoms with E-state index in [1.54, 1.807) is 6.92 Å². The standard InChI is InChI=1S/C10H14N2O/c1-8(11-13)9-6-4-5-7-10(9)12(2)3/h4-7,13H,1-3H3/b11-8-. The molecular weight excluding hydrogens is 164 g/mol. The zero-order valence-corrected chi connectivity index (χ0v) is 8.15. The van der Waals surface area contributed by atoms with Crippen LogP contribution in [0.2, 0.25) is 0 Å². The fraction of sp³-hybridized carbons (Fsp3) is 0.300. The SMILES string of the molecule is C/C(=N/O)c1ccccc1N(C)C. The number of hydrogen-bond acceptors (Lipinski definition) is 3. The maximum atomic E-state index is 8.66. The van der Waals surface area contributed by atoms with E-state index in [0.29, 0.717) is 5.71 Å². The molecule has 3 heteroatoms. The highest BCUT2D eigenvalue weighted by atomic mass is 16.4. The third kappa shape index (κ3) is 1.99. The van der Waals surface area contributed by atoms with Crippen LogP contribution in [0.5, 0.6) is 0 Å². The fourth-order valence-electron chi connectivity index (χ4n) is 1.22. The van der Waals surface area contributed by atoms with Crippen LogP contribution in [-0.4, -0.2) is 25.0 Å². The summed E-state index contributed by atoms with van der Waals surface area (Å²) in [5, 5.41) is 11.9. The van der Waals surface area contributed by atoms with Crippen molar-refractivity contribution in [2.45, 2.75) is 6.92 Å². The number of para-hydroxylation sites is 1. The average molecular weight is 178 g/mol. The van der Waals surface area contributed by atoms with Crippen LogP contribution in [0.1, 0.15) is 12.5 Å². The minimum Gasteiger partial charge on any atom is -0.411 e. The molecular formula is C10H14N2O. The molecule has 0 saturated carbocycles. The lowest BCUT2D eigenvalue weighted by molar-refractivity contribution is 0.319. The van der Waals surface area contributed by atoms with Gasteiger partial charge in [-0.3, -0.25) is 0 Å². The van der Waals surface area contributed by atoms with Crippen molar-refractivity contribution in [3.63, 3.8) is 0 Å². The molecule has 1 aromatic rings. The molecule has 0 fully saturated rings. The van der Waals surface area contributed by atoms with E-state index in [2.05, 4.69) is 5.16 Å². The molecule has 0 amide bonds. The Labute approximate surface area is 78.3 Å². The number of nitrogens with zero attached hydrogens (tertiary/aromatic N) is 2. The number of hydrogen-bond donors (Lipinski definition) is 1. The van der Waals surface area contributed by atoms with Crippen LogP contribution in [0.4, 0.5) is 5.69 Å². The summed E-state index contributed by atoms with van der Waals surface area (Å²) >= 11 is 0. The molecule has 0 aromatic heterocycles. The van der Waals surface area contributed by atoms with E-state index in [1.165, 1.54) is 0 Å². The van der Waals surface area contributed by atoms with Crippen LogP contribution < -0.4 is 4.90 Å². The third-order valence-corrected chi connectivity index (χ3v) is 1.93. The van der Waals surface area contributed by atoms with Gasteiger partial charge in [0.2, 0.25) is 0 Å². The average Bonchev–Trinajstić information content (AvgIpc) is 2.16. The Balaban J connectivity index is 3.20. The molecule has 0 atom stereocenters. The van der Waals surface area contributed by atoms with Gasteiger partial charge in [-0.15, -0.1) is 0 Å². The van der Waals surface area contributed by atoms with Crippen molar-refractivity contribution in [1.29, 1.82) is 0 Å². The van der Waals surface area contributed by atoms with Crippen LogP contribution >= 0.6 is 0 Å². The van der Waals surface area contributed by atoms with Gasteiger partial charge in [-0.05, 0) is 13.0 Å². The highest BCUT2D eigenvalue weighted by Gasteiger charge is 2.05. The number of rotatable bonds is 2. The Bertz CT molecular complexity index is 318. The Morgan fingerprint density at radius 3 is 2.46 bits per heavy atom. The number of anilines is 1. The van der Waals surface area contributed by atoms with E-state index in [9.17, 15) is 0 Å². The highest BCUT2D eigenvalue weighted by Crippen LogP contribution is 2.18. The normalized spacial score (nSPS) is 11.5. The molecule has 0 aliphatic heterocycles. The maximum absolute atomic E-state index is 8.66. The molecule has 0 heterocycles. The van der Waals surface area contributed by atoms with E-state index < -0.39 is 0 Å². The summed E-state index contributed by atoms with van der Waals surface area (Å²) in [6.07, 6.45) is 0. The minimum atomic E-state index is 0.629. The van der Waals surface area contributed by atoms with Gasteiger partial charge >= 0.3 is 0 Å². The van der Waals surface area contributed by atoms with Crippen molar-refractivity contribution >= 4 is 11.4 Å². The van der Waals surface area contributed by atoms with E-state index in [-0.39, 0.29) is 0 Å². The predicted octanol–water partition coefficient (Wildman–Crippen LogP) is 1.95. The topological polar surface area (TPSA) is 35.8 Å². The summed E-state index contributed by atoms with van der Waals surface area (Å²) in [5.74, 6) is 0. The van der Waals surface area contributed by atoms with Gasteiger partial charge in [0.15, 0.2) is 0 Å². The Morgan fingerprint density at radius 1 is 1.31 bits per heavy atom. The molecule has 0 unspecified atom stereocenters. The summed E-state index contributed by atoms with van der Waals surface area (Å²) in [7, 11) is 3.92. The zero-order chi connectivity index (χ0) is 9.84. The van der Waals surface area contributed by atoms with Crippen LogP contribution in [0, 0.1) is 0 Å². The van der Waals surface area contributed by atoms with Gasteiger partial charge in [-0.1, -0.05) is 23.4 Å². The van der Waals surface area contributed by atoms with Crippen molar-refractivity contribution in [2.24, 2.45) is 5.16 Å². The first-order valence-electron chi connectivity index (χ1n) is 4.12. The first-order valence-corrected chi connectivity index (χ1v) is 4.12. The Morgan fingerprint density at radius 2 is 1.92 bits per heavy atom. The zero-order valence-electron chi connectivity index (χ0n) is 8.15. The highest BCUT2D eigenvalue weighted by molar-refractivity contribution is 6.03. The van der Waals surface area contributed by atoms with Gasteiger partial charge < -0.3 is 10.1 Å². The summed E-state index contributed by atoms with van der Waals surface area (Å²) in [4.78, 5) is 1.99. The second-order valence-corrected chi connectivity index (χ2v) is 3.10. The van der Waals surface area contributed by atoms with Crippen molar-refractivity contribution in [1.82, 2.24) is 0 Å². The molecule has 0 aliphatic carbocycles. The minimum absolute atomic E-state index is 0.629. The van der Waals surface area contributed by atoms with E-state index >= 15 is 0 Å². The molecule has 0 aliphatic rings. The molecule has 13 heavy (non-hydrogen) atoms. The monoisotopic (exact) mass is 178 g/mol. The third-order valence-electron chi connectivity index (χ3n) is 1.93. The molecule has 70 valence electrons. The van der Waals surface area contributed by atoms with Crippen molar-refractivity contribution in [2.75, 3.05) is 19.0 Å². The summed E-state index contributed by atoms with van der Waals surface area (Å²) in [6.45, 7) is 1.78. The summed E-state index contributed by atoms with van der Waals surface area (Å²) in [6, 6.07) is 7.81.